The molecule has 0 unspecified atom stereocenters. The Morgan fingerprint density at radius 1 is 1.31 bits per heavy atom. The molecule has 2 nitrogen and oxygen atoms in total. The molecule has 0 saturated carbocycles. The molecule has 5 heteroatoms. The maximum Gasteiger partial charge on any atom is 0.116 e. The van der Waals surface area contributed by atoms with Crippen molar-refractivity contribution in [1.82, 2.24) is 9.97 Å². The van der Waals surface area contributed by atoms with Gasteiger partial charge in [-0.05, 0) is 44.0 Å². The molecule has 0 bridgehead atoms. The Balaban J connectivity index is 2.53. The Bertz CT molecular complexity index is 413. The predicted octanol–water partition coefficient (Wildman–Crippen LogP) is 3.73. The van der Waals surface area contributed by atoms with E-state index >= 15 is 0 Å². The molecule has 2 heterocycles. The van der Waals surface area contributed by atoms with Gasteiger partial charge in [0, 0.05) is 11.8 Å². The van der Waals surface area contributed by atoms with Crippen LogP contribution in [0.25, 0.3) is 11.3 Å². The third-order valence-corrected chi connectivity index (χ3v) is 3.85. The summed E-state index contributed by atoms with van der Waals surface area (Å²) >= 11 is 8.54. The molecule has 0 aliphatic heterocycles. The smallest absolute Gasteiger partial charge is 0.116 e. The molecule has 0 saturated heterocycles. The zero-order valence-corrected chi connectivity index (χ0v) is 10.4. The van der Waals surface area contributed by atoms with Crippen LogP contribution in [0.5, 0.6) is 0 Å². The number of nitrogens with zero attached hydrogens (tertiary/aromatic N) is 2. The van der Waals surface area contributed by atoms with Crippen molar-refractivity contribution in [2.24, 2.45) is 0 Å². The van der Waals surface area contributed by atoms with E-state index < -0.39 is 0 Å². The second-order valence-corrected chi connectivity index (χ2v) is 6.08. The van der Waals surface area contributed by atoms with E-state index in [1.807, 2.05) is 12.1 Å². The van der Waals surface area contributed by atoms with Crippen LogP contribution in [-0.4, -0.2) is 9.97 Å². The van der Waals surface area contributed by atoms with Crippen LogP contribution < -0.4 is 0 Å². The van der Waals surface area contributed by atoms with Crippen LogP contribution in [0.3, 0.4) is 0 Å². The SMILES string of the molecule is Brc1cc(-c2ccncn2)c(Br)s1. The van der Waals surface area contributed by atoms with E-state index in [1.165, 1.54) is 0 Å². The highest BCUT2D eigenvalue weighted by Gasteiger charge is 2.07. The minimum atomic E-state index is 0.934. The highest BCUT2D eigenvalue weighted by atomic mass is 79.9. The van der Waals surface area contributed by atoms with Crippen molar-refractivity contribution in [3.05, 3.63) is 32.2 Å². The van der Waals surface area contributed by atoms with Crippen LogP contribution in [0.15, 0.2) is 32.2 Å². The molecule has 2 aromatic rings. The van der Waals surface area contributed by atoms with E-state index in [0.29, 0.717) is 0 Å². The highest BCUT2D eigenvalue weighted by Crippen LogP contribution is 2.37. The van der Waals surface area contributed by atoms with E-state index in [1.54, 1.807) is 23.9 Å². The first-order valence-electron chi connectivity index (χ1n) is 3.48. The molecule has 0 radical (unpaired) electrons. The lowest BCUT2D eigenvalue weighted by atomic mass is 10.2. The van der Waals surface area contributed by atoms with E-state index in [0.717, 1.165) is 18.8 Å². The van der Waals surface area contributed by atoms with Crippen molar-refractivity contribution < 1.29 is 0 Å². The van der Waals surface area contributed by atoms with Gasteiger partial charge in [-0.1, -0.05) is 0 Å². The molecule has 0 aliphatic carbocycles. The normalized spacial score (nSPS) is 10.3. The van der Waals surface area contributed by atoms with Crippen LogP contribution in [0.4, 0.5) is 0 Å². The Hall–Kier alpha value is -0.260. The number of hydrogen-bond donors (Lipinski definition) is 0. The fourth-order valence-corrected chi connectivity index (χ4v) is 3.79. The fraction of sp³-hybridized carbons (Fsp3) is 0. The van der Waals surface area contributed by atoms with Crippen molar-refractivity contribution in [2.75, 3.05) is 0 Å². The van der Waals surface area contributed by atoms with Gasteiger partial charge in [0.05, 0.1) is 13.3 Å². The fourth-order valence-electron chi connectivity index (χ4n) is 0.965. The van der Waals surface area contributed by atoms with Gasteiger partial charge in [0.1, 0.15) is 6.33 Å². The van der Waals surface area contributed by atoms with Gasteiger partial charge in [0.25, 0.3) is 0 Å². The second kappa shape index (κ2) is 3.86. The van der Waals surface area contributed by atoms with Gasteiger partial charge >= 0.3 is 0 Å². The Labute approximate surface area is 96.3 Å². The molecule has 0 atom stereocenters. The van der Waals surface area contributed by atoms with Crippen molar-refractivity contribution in [3.8, 4) is 11.3 Å². The van der Waals surface area contributed by atoms with Gasteiger partial charge in [-0.2, -0.15) is 0 Å². The molecule has 0 aliphatic rings. The zero-order chi connectivity index (χ0) is 9.26. The molecule has 0 N–H and O–H groups in total. The van der Waals surface area contributed by atoms with Gasteiger partial charge in [-0.15, -0.1) is 11.3 Å². The average Bonchev–Trinajstić information content (AvgIpc) is 2.47. The zero-order valence-electron chi connectivity index (χ0n) is 6.37. The van der Waals surface area contributed by atoms with Crippen LogP contribution in [0.2, 0.25) is 0 Å². The first-order valence-corrected chi connectivity index (χ1v) is 5.89. The number of thiophene rings is 1. The van der Waals surface area contributed by atoms with Crippen molar-refractivity contribution in [3.63, 3.8) is 0 Å². The molecule has 0 fully saturated rings. The number of rotatable bonds is 1. The third kappa shape index (κ3) is 1.98. The first kappa shape index (κ1) is 9.30. The predicted molar refractivity (Wildman–Crippen MR) is 60.7 cm³/mol. The topological polar surface area (TPSA) is 25.8 Å². The summed E-state index contributed by atoms with van der Waals surface area (Å²) in [5, 5.41) is 0. The summed E-state index contributed by atoms with van der Waals surface area (Å²) in [6.07, 6.45) is 3.29. The van der Waals surface area contributed by atoms with Gasteiger partial charge in [0.2, 0.25) is 0 Å². The number of hydrogen-bond acceptors (Lipinski definition) is 3. The molecule has 2 rings (SSSR count). The van der Waals surface area contributed by atoms with Gasteiger partial charge in [-0.3, -0.25) is 0 Å². The lowest BCUT2D eigenvalue weighted by Gasteiger charge is -1.94. The molecular weight excluding hydrogens is 316 g/mol. The quantitative estimate of drug-likeness (QED) is 0.800. The van der Waals surface area contributed by atoms with Gasteiger partial charge < -0.3 is 0 Å². The monoisotopic (exact) mass is 318 g/mol. The standard InChI is InChI=1S/C8H4Br2N2S/c9-7-3-5(8(10)13-7)6-1-2-11-4-12-6/h1-4H. The summed E-state index contributed by atoms with van der Waals surface area (Å²) in [5.41, 5.74) is 2.03. The van der Waals surface area contributed by atoms with E-state index in [4.69, 9.17) is 0 Å². The average molecular weight is 320 g/mol. The van der Waals surface area contributed by atoms with Crippen LogP contribution >= 0.6 is 43.2 Å². The first-order chi connectivity index (χ1) is 6.27. The largest absolute Gasteiger partial charge is 0.245 e. The Kier molecular flexibility index (Phi) is 2.76. The van der Waals surface area contributed by atoms with Crippen LogP contribution in [0, 0.1) is 0 Å². The van der Waals surface area contributed by atoms with Gasteiger partial charge in [0.15, 0.2) is 0 Å². The number of aromatic nitrogens is 2. The van der Waals surface area contributed by atoms with Crippen molar-refractivity contribution in [1.29, 1.82) is 0 Å². The maximum atomic E-state index is 4.17. The third-order valence-electron chi connectivity index (χ3n) is 1.51. The lowest BCUT2D eigenvalue weighted by Crippen LogP contribution is -1.81. The molecule has 0 spiro atoms. The Morgan fingerprint density at radius 2 is 2.15 bits per heavy atom. The summed E-state index contributed by atoms with van der Waals surface area (Å²) in [6, 6.07) is 3.93. The van der Waals surface area contributed by atoms with Crippen LogP contribution in [-0.2, 0) is 0 Å². The molecule has 2 aromatic heterocycles. The summed E-state index contributed by atoms with van der Waals surface area (Å²) in [5.74, 6) is 0. The molecule has 0 amide bonds. The molecular formula is C8H4Br2N2S. The number of halogens is 2. The second-order valence-electron chi connectivity index (χ2n) is 2.33. The van der Waals surface area contributed by atoms with Crippen LogP contribution in [0.1, 0.15) is 0 Å². The minimum absolute atomic E-state index is 0.934. The van der Waals surface area contributed by atoms with E-state index in [9.17, 15) is 0 Å². The van der Waals surface area contributed by atoms with Crippen molar-refractivity contribution in [2.45, 2.75) is 0 Å². The molecule has 13 heavy (non-hydrogen) atoms. The van der Waals surface area contributed by atoms with E-state index in [2.05, 4.69) is 41.8 Å². The molecule has 66 valence electrons. The maximum absolute atomic E-state index is 4.17. The summed E-state index contributed by atoms with van der Waals surface area (Å²) in [4.78, 5) is 8.04. The summed E-state index contributed by atoms with van der Waals surface area (Å²) in [6.45, 7) is 0. The minimum Gasteiger partial charge on any atom is -0.245 e. The summed E-state index contributed by atoms with van der Waals surface area (Å²) in [7, 11) is 0. The van der Waals surface area contributed by atoms with Gasteiger partial charge in [-0.25, -0.2) is 9.97 Å². The molecule has 0 aromatic carbocycles. The van der Waals surface area contributed by atoms with Crippen molar-refractivity contribution >= 4 is 43.2 Å². The van der Waals surface area contributed by atoms with E-state index in [-0.39, 0.29) is 0 Å². The summed E-state index contributed by atoms with van der Waals surface area (Å²) < 4.78 is 2.17. The lowest BCUT2D eigenvalue weighted by molar-refractivity contribution is 1.17. The Morgan fingerprint density at radius 3 is 2.69 bits per heavy atom. The highest BCUT2D eigenvalue weighted by molar-refractivity contribution is 9.12.